The lowest BCUT2D eigenvalue weighted by molar-refractivity contribution is -0.138. The first kappa shape index (κ1) is 29.7. The van der Waals surface area contributed by atoms with Crippen LogP contribution in [0.25, 0.3) is 0 Å². The largest absolute Gasteiger partial charge is 0.416 e. The Labute approximate surface area is 231 Å². The minimum absolute atomic E-state index is 0.0192. The standard InChI is InChI=1S/C21H18Br2F6N2O5S2/c22-15-11-13(20(24,25)26)1-3-17(15)37(32,33)30-7-5-19(6-8-30)31(9-10-36-19)38(34,35)18-4-2-14(12-16(18)23)21(27,28)29/h1-4,11-12H,5-10H2. The monoisotopic (exact) mass is 714 g/mol. The first-order valence-corrected chi connectivity index (χ1v) is 15.3. The molecule has 7 nitrogen and oxygen atoms in total. The number of benzene rings is 2. The molecule has 0 N–H and O–H groups in total. The van der Waals surface area contributed by atoms with E-state index in [1.54, 1.807) is 0 Å². The Morgan fingerprint density at radius 3 is 1.61 bits per heavy atom. The van der Waals surface area contributed by atoms with Gasteiger partial charge in [0.25, 0.3) is 0 Å². The number of piperidine rings is 1. The van der Waals surface area contributed by atoms with Gasteiger partial charge in [-0.25, -0.2) is 16.8 Å². The van der Waals surface area contributed by atoms with Gasteiger partial charge < -0.3 is 4.74 Å². The van der Waals surface area contributed by atoms with Gasteiger partial charge in [-0.15, -0.1) is 0 Å². The van der Waals surface area contributed by atoms with Gasteiger partial charge in [0.2, 0.25) is 20.0 Å². The van der Waals surface area contributed by atoms with Crippen molar-refractivity contribution >= 4 is 51.9 Å². The number of sulfonamides is 2. The predicted molar refractivity (Wildman–Crippen MR) is 129 cm³/mol. The Balaban J connectivity index is 1.57. The van der Waals surface area contributed by atoms with E-state index in [-0.39, 0.29) is 52.9 Å². The second-order valence-electron chi connectivity index (χ2n) is 8.56. The summed E-state index contributed by atoms with van der Waals surface area (Å²) in [6.07, 6.45) is -9.56. The van der Waals surface area contributed by atoms with Crippen LogP contribution in [0.5, 0.6) is 0 Å². The van der Waals surface area contributed by atoms with E-state index in [9.17, 15) is 43.2 Å². The van der Waals surface area contributed by atoms with Crippen molar-refractivity contribution in [3.05, 3.63) is 56.5 Å². The first-order chi connectivity index (χ1) is 17.4. The van der Waals surface area contributed by atoms with Crippen molar-refractivity contribution in [3.8, 4) is 0 Å². The van der Waals surface area contributed by atoms with Gasteiger partial charge in [0.15, 0.2) is 0 Å². The average Bonchev–Trinajstić information content (AvgIpc) is 3.21. The van der Waals surface area contributed by atoms with Crippen LogP contribution in [0.15, 0.2) is 55.1 Å². The lowest BCUT2D eigenvalue weighted by atomic mass is 10.0. The number of halogens is 8. The third kappa shape index (κ3) is 5.39. The van der Waals surface area contributed by atoms with E-state index in [1.165, 1.54) is 0 Å². The van der Waals surface area contributed by atoms with Crippen LogP contribution >= 0.6 is 31.9 Å². The van der Waals surface area contributed by atoms with Gasteiger partial charge in [0, 0.05) is 41.4 Å². The summed E-state index contributed by atoms with van der Waals surface area (Å²) in [7, 11) is -8.61. The molecule has 1 spiro atoms. The Kier molecular flexibility index (Phi) is 7.82. The molecule has 0 radical (unpaired) electrons. The maximum atomic E-state index is 13.5. The zero-order valence-corrected chi connectivity index (χ0v) is 23.8. The van der Waals surface area contributed by atoms with Crippen molar-refractivity contribution in [3.63, 3.8) is 0 Å². The van der Waals surface area contributed by atoms with Gasteiger partial charge in [-0.2, -0.15) is 35.0 Å². The summed E-state index contributed by atoms with van der Waals surface area (Å²) in [5, 5.41) is 0. The summed E-state index contributed by atoms with van der Waals surface area (Å²) in [5.41, 5.74) is -3.51. The van der Waals surface area contributed by atoms with Gasteiger partial charge in [0.1, 0.15) is 5.72 Å². The lowest BCUT2D eigenvalue weighted by Gasteiger charge is -2.42. The van der Waals surface area contributed by atoms with Gasteiger partial charge in [0.05, 0.1) is 27.5 Å². The fourth-order valence-corrected chi connectivity index (χ4v) is 9.68. The predicted octanol–water partition coefficient (Wildman–Crippen LogP) is 5.45. The van der Waals surface area contributed by atoms with E-state index in [0.717, 1.165) is 20.7 Å². The van der Waals surface area contributed by atoms with E-state index in [0.29, 0.717) is 24.3 Å². The molecule has 0 unspecified atom stereocenters. The van der Waals surface area contributed by atoms with E-state index in [4.69, 9.17) is 4.74 Å². The van der Waals surface area contributed by atoms with E-state index >= 15 is 0 Å². The van der Waals surface area contributed by atoms with Crippen LogP contribution in [0.4, 0.5) is 26.3 Å². The summed E-state index contributed by atoms with van der Waals surface area (Å²) >= 11 is 5.81. The Bertz CT molecular complexity index is 1460. The molecule has 4 rings (SSSR count). The fraction of sp³-hybridized carbons (Fsp3) is 0.429. The summed E-state index contributed by atoms with van der Waals surface area (Å²) in [6.45, 7) is -0.548. The molecule has 0 amide bonds. The molecule has 0 aliphatic carbocycles. The van der Waals surface area contributed by atoms with E-state index < -0.39 is 54.1 Å². The molecule has 210 valence electrons. The van der Waals surface area contributed by atoms with Gasteiger partial charge in [-0.05, 0) is 68.3 Å². The molecule has 2 fully saturated rings. The Morgan fingerprint density at radius 1 is 0.737 bits per heavy atom. The molecule has 38 heavy (non-hydrogen) atoms. The molecule has 2 saturated heterocycles. The van der Waals surface area contributed by atoms with Crippen LogP contribution in [0.3, 0.4) is 0 Å². The number of ether oxygens (including phenoxy) is 1. The number of hydrogen-bond acceptors (Lipinski definition) is 5. The summed E-state index contributed by atoms with van der Waals surface area (Å²) in [4.78, 5) is -0.786. The number of nitrogens with zero attached hydrogens (tertiary/aromatic N) is 2. The molecular weight excluding hydrogens is 698 g/mol. The molecule has 2 aliphatic rings. The van der Waals surface area contributed by atoms with Crippen molar-refractivity contribution in [2.45, 2.75) is 40.7 Å². The number of hydrogen-bond donors (Lipinski definition) is 0. The normalized spacial score (nSPS) is 19.8. The van der Waals surface area contributed by atoms with Crippen molar-refractivity contribution in [1.82, 2.24) is 8.61 Å². The third-order valence-corrected chi connectivity index (χ3v) is 12.1. The SMILES string of the molecule is O=S(=O)(c1ccc(C(F)(F)F)cc1Br)N1CCC2(CC1)OCCN2S(=O)(=O)c1ccc(C(F)(F)F)cc1Br. The Morgan fingerprint density at radius 2 is 1.18 bits per heavy atom. The highest BCUT2D eigenvalue weighted by atomic mass is 79.9. The molecule has 2 heterocycles. The highest BCUT2D eigenvalue weighted by molar-refractivity contribution is 9.10. The number of alkyl halides is 6. The van der Waals surface area contributed by atoms with Crippen molar-refractivity contribution in [2.24, 2.45) is 0 Å². The fourth-order valence-electron chi connectivity index (χ4n) is 4.43. The van der Waals surface area contributed by atoms with Crippen LogP contribution in [0, 0.1) is 0 Å². The van der Waals surface area contributed by atoms with E-state index in [1.807, 2.05) is 0 Å². The molecule has 2 aliphatic heterocycles. The third-order valence-electron chi connectivity index (χ3n) is 6.33. The molecular formula is C21H18Br2F6N2O5S2. The lowest BCUT2D eigenvalue weighted by Crippen LogP contribution is -2.55. The maximum Gasteiger partial charge on any atom is 0.416 e. The molecule has 2 aromatic rings. The maximum absolute atomic E-state index is 13.5. The van der Waals surface area contributed by atoms with Crippen molar-refractivity contribution < 1.29 is 47.9 Å². The molecule has 0 bridgehead atoms. The molecule has 2 aromatic carbocycles. The summed E-state index contributed by atoms with van der Waals surface area (Å²) < 4.78 is 138. The second-order valence-corrected chi connectivity index (χ2v) is 14.0. The van der Waals surface area contributed by atoms with Crippen LogP contribution in [-0.4, -0.2) is 57.4 Å². The van der Waals surface area contributed by atoms with Crippen molar-refractivity contribution in [1.29, 1.82) is 0 Å². The second kappa shape index (κ2) is 9.99. The van der Waals surface area contributed by atoms with Crippen LogP contribution in [0.1, 0.15) is 24.0 Å². The molecule has 17 heteroatoms. The smallest absolute Gasteiger partial charge is 0.358 e. The minimum Gasteiger partial charge on any atom is -0.358 e. The zero-order valence-electron chi connectivity index (χ0n) is 19.0. The Hall–Kier alpha value is -1.24. The van der Waals surface area contributed by atoms with Gasteiger partial charge >= 0.3 is 12.4 Å². The molecule has 0 atom stereocenters. The highest BCUT2D eigenvalue weighted by Crippen LogP contribution is 2.42. The minimum atomic E-state index is -4.68. The van der Waals surface area contributed by atoms with Crippen molar-refractivity contribution in [2.75, 3.05) is 26.2 Å². The molecule has 0 saturated carbocycles. The van der Waals surface area contributed by atoms with Crippen LogP contribution in [-0.2, 0) is 37.1 Å². The van der Waals surface area contributed by atoms with E-state index in [2.05, 4.69) is 31.9 Å². The quantitative estimate of drug-likeness (QED) is 0.394. The zero-order chi connectivity index (χ0) is 28.3. The highest BCUT2D eigenvalue weighted by Gasteiger charge is 2.52. The van der Waals surface area contributed by atoms with Crippen LogP contribution in [0.2, 0.25) is 0 Å². The van der Waals surface area contributed by atoms with Gasteiger partial charge in [-0.1, -0.05) is 0 Å². The van der Waals surface area contributed by atoms with Crippen LogP contribution < -0.4 is 0 Å². The summed E-state index contributed by atoms with van der Waals surface area (Å²) in [6, 6.07) is 4.31. The average molecular weight is 716 g/mol. The van der Waals surface area contributed by atoms with Gasteiger partial charge in [-0.3, -0.25) is 0 Å². The first-order valence-electron chi connectivity index (χ1n) is 10.8. The number of rotatable bonds is 4. The molecule has 0 aromatic heterocycles. The summed E-state index contributed by atoms with van der Waals surface area (Å²) in [5.74, 6) is 0. The topological polar surface area (TPSA) is 84.0 Å².